The standard InChI is InChI=1S/C14H24N2O2S2/c1-12(10-19-4)16(3)20(17,18)11-14-7-5-13(6-8-14)9-15-2/h5-8,12,15H,9-11H2,1-4H3. The van der Waals surface area contributed by atoms with Crippen molar-refractivity contribution in [1.29, 1.82) is 0 Å². The maximum atomic E-state index is 12.3. The molecule has 4 nitrogen and oxygen atoms in total. The van der Waals surface area contributed by atoms with Gasteiger partial charge < -0.3 is 5.32 Å². The first-order valence-electron chi connectivity index (χ1n) is 6.57. The summed E-state index contributed by atoms with van der Waals surface area (Å²) in [5.41, 5.74) is 1.98. The molecule has 0 bridgehead atoms. The summed E-state index contributed by atoms with van der Waals surface area (Å²) in [6.45, 7) is 2.72. The first-order chi connectivity index (χ1) is 9.40. The van der Waals surface area contributed by atoms with Gasteiger partial charge in [-0.3, -0.25) is 0 Å². The lowest BCUT2D eigenvalue weighted by Crippen LogP contribution is -2.37. The highest BCUT2D eigenvalue weighted by molar-refractivity contribution is 7.98. The van der Waals surface area contributed by atoms with Gasteiger partial charge in [-0.2, -0.15) is 11.8 Å². The second kappa shape index (κ2) is 8.02. The van der Waals surface area contributed by atoms with Gasteiger partial charge in [0.2, 0.25) is 10.0 Å². The van der Waals surface area contributed by atoms with E-state index in [-0.39, 0.29) is 11.8 Å². The molecule has 1 atom stereocenters. The molecule has 1 rings (SSSR count). The minimum atomic E-state index is -3.26. The summed E-state index contributed by atoms with van der Waals surface area (Å²) in [6.07, 6.45) is 1.98. The van der Waals surface area contributed by atoms with E-state index in [2.05, 4.69) is 5.32 Å². The normalized spacial score (nSPS) is 13.7. The van der Waals surface area contributed by atoms with E-state index < -0.39 is 10.0 Å². The van der Waals surface area contributed by atoms with Crippen LogP contribution in [0, 0.1) is 0 Å². The van der Waals surface area contributed by atoms with Crippen molar-refractivity contribution in [2.24, 2.45) is 0 Å². The molecule has 0 aliphatic heterocycles. The van der Waals surface area contributed by atoms with Crippen LogP contribution in [0.15, 0.2) is 24.3 Å². The van der Waals surface area contributed by atoms with Gasteiger partial charge in [0.25, 0.3) is 0 Å². The van der Waals surface area contributed by atoms with Crippen molar-refractivity contribution in [2.75, 3.05) is 26.1 Å². The molecule has 0 aromatic heterocycles. The van der Waals surface area contributed by atoms with Crippen molar-refractivity contribution in [1.82, 2.24) is 9.62 Å². The van der Waals surface area contributed by atoms with Crippen LogP contribution in [-0.2, 0) is 22.3 Å². The summed E-state index contributed by atoms with van der Waals surface area (Å²) in [5.74, 6) is 0.860. The molecule has 114 valence electrons. The molecule has 0 spiro atoms. The maximum Gasteiger partial charge on any atom is 0.218 e. The first kappa shape index (κ1) is 17.5. The van der Waals surface area contributed by atoms with Crippen molar-refractivity contribution >= 4 is 21.8 Å². The quantitative estimate of drug-likeness (QED) is 0.796. The largest absolute Gasteiger partial charge is 0.316 e. The van der Waals surface area contributed by atoms with Crippen LogP contribution in [0.5, 0.6) is 0 Å². The number of hydrogen-bond donors (Lipinski definition) is 1. The zero-order chi connectivity index (χ0) is 15.2. The number of benzene rings is 1. The van der Waals surface area contributed by atoms with Gasteiger partial charge in [0.1, 0.15) is 0 Å². The molecule has 0 radical (unpaired) electrons. The SMILES string of the molecule is CNCc1ccc(CS(=O)(=O)N(C)C(C)CSC)cc1. The van der Waals surface area contributed by atoms with Crippen molar-refractivity contribution in [3.8, 4) is 0 Å². The summed E-state index contributed by atoms with van der Waals surface area (Å²) in [4.78, 5) is 0. The van der Waals surface area contributed by atoms with Gasteiger partial charge >= 0.3 is 0 Å². The number of rotatable bonds is 8. The summed E-state index contributed by atoms with van der Waals surface area (Å²) in [5, 5.41) is 3.07. The van der Waals surface area contributed by atoms with E-state index >= 15 is 0 Å². The third kappa shape index (κ3) is 5.09. The van der Waals surface area contributed by atoms with E-state index in [0.29, 0.717) is 0 Å². The van der Waals surface area contributed by atoms with Crippen LogP contribution in [0.25, 0.3) is 0 Å². The average molecular weight is 316 g/mol. The second-order valence-corrected chi connectivity index (χ2v) is 7.86. The lowest BCUT2D eigenvalue weighted by molar-refractivity contribution is 0.414. The van der Waals surface area contributed by atoms with E-state index in [1.807, 2.05) is 44.5 Å². The maximum absolute atomic E-state index is 12.3. The summed E-state index contributed by atoms with van der Waals surface area (Å²) in [6, 6.07) is 7.71. The van der Waals surface area contributed by atoms with E-state index in [9.17, 15) is 8.42 Å². The number of hydrogen-bond acceptors (Lipinski definition) is 4. The Morgan fingerprint density at radius 3 is 2.30 bits per heavy atom. The predicted molar refractivity (Wildman–Crippen MR) is 87.4 cm³/mol. The molecule has 0 amide bonds. The molecule has 20 heavy (non-hydrogen) atoms. The van der Waals surface area contributed by atoms with Gasteiger partial charge in [-0.15, -0.1) is 0 Å². The zero-order valence-electron chi connectivity index (χ0n) is 12.6. The third-order valence-corrected chi connectivity index (χ3v) is 5.97. The van der Waals surface area contributed by atoms with Crippen LogP contribution in [0.4, 0.5) is 0 Å². The second-order valence-electron chi connectivity index (χ2n) is 4.92. The van der Waals surface area contributed by atoms with Gasteiger partial charge in [-0.05, 0) is 31.4 Å². The Balaban J connectivity index is 2.75. The molecule has 1 aromatic rings. The van der Waals surface area contributed by atoms with Gasteiger partial charge in [-0.1, -0.05) is 24.3 Å². The van der Waals surface area contributed by atoms with Gasteiger partial charge in [-0.25, -0.2) is 12.7 Å². The smallest absolute Gasteiger partial charge is 0.218 e. The van der Waals surface area contributed by atoms with Crippen LogP contribution >= 0.6 is 11.8 Å². The Kier molecular flexibility index (Phi) is 7.02. The van der Waals surface area contributed by atoms with Gasteiger partial charge in [0, 0.05) is 25.4 Å². The minimum absolute atomic E-state index is 0.0126. The lowest BCUT2D eigenvalue weighted by Gasteiger charge is -2.23. The molecule has 0 aliphatic rings. The van der Waals surface area contributed by atoms with Crippen LogP contribution in [0.1, 0.15) is 18.1 Å². The Labute approximate surface area is 127 Å². The van der Waals surface area contributed by atoms with Crippen LogP contribution in [-0.4, -0.2) is 44.9 Å². The summed E-state index contributed by atoms with van der Waals surface area (Å²) in [7, 11) is 0.292. The van der Waals surface area contributed by atoms with E-state index in [0.717, 1.165) is 23.4 Å². The Bertz CT molecular complexity index is 500. The molecule has 1 unspecified atom stereocenters. The Morgan fingerprint density at radius 1 is 1.25 bits per heavy atom. The van der Waals surface area contributed by atoms with Crippen LogP contribution in [0.3, 0.4) is 0 Å². The van der Waals surface area contributed by atoms with Crippen molar-refractivity contribution in [3.05, 3.63) is 35.4 Å². The fourth-order valence-corrected chi connectivity index (χ4v) is 4.13. The van der Waals surface area contributed by atoms with Crippen LogP contribution < -0.4 is 5.32 Å². The first-order valence-corrected chi connectivity index (χ1v) is 9.58. The zero-order valence-corrected chi connectivity index (χ0v) is 14.2. The topological polar surface area (TPSA) is 49.4 Å². The predicted octanol–water partition coefficient (Wildman–Crippen LogP) is 1.92. The third-order valence-electron chi connectivity index (χ3n) is 3.22. The minimum Gasteiger partial charge on any atom is -0.316 e. The monoisotopic (exact) mass is 316 g/mol. The summed E-state index contributed by atoms with van der Waals surface area (Å²) < 4.78 is 26.1. The fraction of sp³-hybridized carbons (Fsp3) is 0.571. The van der Waals surface area contributed by atoms with Crippen LogP contribution in [0.2, 0.25) is 0 Å². The Morgan fingerprint density at radius 2 is 1.80 bits per heavy atom. The van der Waals surface area contributed by atoms with Gasteiger partial charge in [0.15, 0.2) is 0 Å². The van der Waals surface area contributed by atoms with Crippen molar-refractivity contribution in [2.45, 2.75) is 25.3 Å². The van der Waals surface area contributed by atoms with E-state index in [4.69, 9.17) is 0 Å². The molecule has 0 heterocycles. The van der Waals surface area contributed by atoms with Crippen molar-refractivity contribution < 1.29 is 8.42 Å². The van der Waals surface area contributed by atoms with E-state index in [1.54, 1.807) is 18.8 Å². The highest BCUT2D eigenvalue weighted by atomic mass is 32.2. The van der Waals surface area contributed by atoms with Gasteiger partial charge in [0.05, 0.1) is 5.75 Å². The number of nitrogens with one attached hydrogen (secondary N) is 1. The molecule has 0 fully saturated rings. The Hall–Kier alpha value is -0.560. The number of nitrogens with zero attached hydrogens (tertiary/aromatic N) is 1. The molecule has 0 aliphatic carbocycles. The van der Waals surface area contributed by atoms with E-state index in [1.165, 1.54) is 4.31 Å². The molecule has 1 N–H and O–H groups in total. The summed E-state index contributed by atoms with van der Waals surface area (Å²) >= 11 is 1.65. The molecular weight excluding hydrogens is 292 g/mol. The molecule has 0 saturated heterocycles. The molecule has 6 heteroatoms. The van der Waals surface area contributed by atoms with Crippen molar-refractivity contribution in [3.63, 3.8) is 0 Å². The highest BCUT2D eigenvalue weighted by Gasteiger charge is 2.23. The average Bonchev–Trinajstić information content (AvgIpc) is 2.40. The molecule has 1 aromatic carbocycles. The lowest BCUT2D eigenvalue weighted by atomic mass is 10.1. The number of thioether (sulfide) groups is 1. The molecule has 0 saturated carbocycles. The highest BCUT2D eigenvalue weighted by Crippen LogP contribution is 2.15. The number of sulfonamides is 1. The fourth-order valence-electron chi connectivity index (χ4n) is 1.89. The molecular formula is C14H24N2O2S2.